The van der Waals surface area contributed by atoms with E-state index in [1.165, 1.54) is 11.3 Å². The van der Waals surface area contributed by atoms with Crippen LogP contribution in [0, 0.1) is 12.8 Å². The van der Waals surface area contributed by atoms with Crippen molar-refractivity contribution in [3.8, 4) is 0 Å². The highest BCUT2D eigenvalue weighted by molar-refractivity contribution is 7.22. The summed E-state index contributed by atoms with van der Waals surface area (Å²) < 4.78 is 7.01. The minimum absolute atomic E-state index is 0.00175. The third-order valence-electron chi connectivity index (χ3n) is 5.07. The molecule has 0 saturated carbocycles. The van der Waals surface area contributed by atoms with Crippen molar-refractivity contribution in [3.05, 3.63) is 45.9 Å². The van der Waals surface area contributed by atoms with E-state index in [9.17, 15) is 9.59 Å². The zero-order valence-electron chi connectivity index (χ0n) is 15.4. The first-order valence-electron chi connectivity index (χ1n) is 9.13. The van der Waals surface area contributed by atoms with Gasteiger partial charge in [-0.05, 0) is 43.4 Å². The summed E-state index contributed by atoms with van der Waals surface area (Å²) in [5.74, 6) is 2.13. The second kappa shape index (κ2) is 7.19. The zero-order valence-corrected chi connectivity index (χ0v) is 16.2. The topological polar surface area (TPSA) is 89.2 Å². The van der Waals surface area contributed by atoms with Gasteiger partial charge < -0.3 is 9.73 Å². The van der Waals surface area contributed by atoms with Crippen LogP contribution < -0.4 is 16.2 Å². The van der Waals surface area contributed by atoms with Crippen LogP contribution in [0.15, 0.2) is 27.6 Å². The molecule has 1 aliphatic heterocycles. The van der Waals surface area contributed by atoms with Gasteiger partial charge in [-0.2, -0.15) is 0 Å². The fourth-order valence-electron chi connectivity index (χ4n) is 3.40. The second-order valence-corrected chi connectivity index (χ2v) is 8.04. The van der Waals surface area contributed by atoms with Gasteiger partial charge in [0.15, 0.2) is 0 Å². The summed E-state index contributed by atoms with van der Waals surface area (Å²) in [5, 5.41) is 6.85. The Labute approximate surface area is 160 Å². The standard InChI is InChI=1S/C19H22N4O3S/c1-11-5-6-14-21-17-15(18(24)23(14)8-7-11)12(2)16(27-17)22-19(25)20-10-13-4-3-9-26-13/h3-4,9,11H,5-8,10H2,1-2H3,(H2,20,22,25)/t11-/m0/s1. The van der Waals surface area contributed by atoms with E-state index in [4.69, 9.17) is 9.40 Å². The second-order valence-electron chi connectivity index (χ2n) is 7.04. The number of nitrogens with zero attached hydrogens (tertiary/aromatic N) is 2. The number of aryl methyl sites for hydroxylation is 2. The molecule has 3 aromatic rings. The molecule has 2 N–H and O–H groups in total. The average Bonchev–Trinajstić information content (AvgIpc) is 3.21. The number of urea groups is 1. The normalized spacial score (nSPS) is 16.7. The molecular formula is C19H22N4O3S. The number of carbonyl (C=O) groups is 1. The fourth-order valence-corrected chi connectivity index (χ4v) is 4.48. The van der Waals surface area contributed by atoms with E-state index in [0.29, 0.717) is 40.0 Å². The van der Waals surface area contributed by atoms with E-state index in [2.05, 4.69) is 17.6 Å². The first kappa shape index (κ1) is 17.8. The molecule has 4 rings (SSSR count). The number of fused-ring (bicyclic) bond motifs is 2. The zero-order chi connectivity index (χ0) is 19.0. The van der Waals surface area contributed by atoms with Crippen LogP contribution in [0.25, 0.3) is 10.2 Å². The average molecular weight is 386 g/mol. The molecule has 0 fully saturated rings. The van der Waals surface area contributed by atoms with Gasteiger partial charge in [0.25, 0.3) is 5.56 Å². The summed E-state index contributed by atoms with van der Waals surface area (Å²) >= 11 is 1.35. The van der Waals surface area contributed by atoms with E-state index in [0.717, 1.165) is 30.7 Å². The number of hydrogen-bond acceptors (Lipinski definition) is 5. The number of hydrogen-bond donors (Lipinski definition) is 2. The Bertz CT molecular complexity index is 1040. The predicted octanol–water partition coefficient (Wildman–Crippen LogP) is 3.65. The van der Waals surface area contributed by atoms with E-state index in [1.54, 1.807) is 18.4 Å². The largest absolute Gasteiger partial charge is 0.467 e. The van der Waals surface area contributed by atoms with E-state index in [1.807, 2.05) is 11.5 Å². The molecule has 0 radical (unpaired) electrons. The lowest BCUT2D eigenvalue weighted by Crippen LogP contribution is -2.28. The van der Waals surface area contributed by atoms with Gasteiger partial charge >= 0.3 is 6.03 Å². The Hall–Kier alpha value is -2.61. The number of carbonyl (C=O) groups excluding carboxylic acids is 1. The van der Waals surface area contributed by atoms with Crippen LogP contribution in [-0.4, -0.2) is 15.6 Å². The van der Waals surface area contributed by atoms with Gasteiger partial charge in [-0.25, -0.2) is 9.78 Å². The number of amides is 2. The summed E-state index contributed by atoms with van der Waals surface area (Å²) in [6, 6.07) is 3.23. The van der Waals surface area contributed by atoms with Crippen molar-refractivity contribution in [1.29, 1.82) is 0 Å². The van der Waals surface area contributed by atoms with Crippen molar-refractivity contribution >= 4 is 32.6 Å². The summed E-state index contributed by atoms with van der Waals surface area (Å²) in [7, 11) is 0. The van der Waals surface area contributed by atoms with Crippen molar-refractivity contribution in [2.24, 2.45) is 5.92 Å². The Morgan fingerprint density at radius 3 is 3.07 bits per heavy atom. The molecular weight excluding hydrogens is 364 g/mol. The molecule has 0 spiro atoms. The van der Waals surface area contributed by atoms with Crippen molar-refractivity contribution in [2.75, 3.05) is 5.32 Å². The minimum Gasteiger partial charge on any atom is -0.467 e. The molecule has 142 valence electrons. The Morgan fingerprint density at radius 2 is 2.30 bits per heavy atom. The van der Waals surface area contributed by atoms with Crippen LogP contribution in [0.2, 0.25) is 0 Å². The Balaban J connectivity index is 1.59. The van der Waals surface area contributed by atoms with Crippen molar-refractivity contribution in [3.63, 3.8) is 0 Å². The molecule has 0 saturated heterocycles. The molecule has 0 aromatic carbocycles. The summed E-state index contributed by atoms with van der Waals surface area (Å²) in [4.78, 5) is 30.7. The van der Waals surface area contributed by atoms with Crippen LogP contribution in [0.5, 0.6) is 0 Å². The number of rotatable bonds is 3. The third kappa shape index (κ3) is 3.49. The number of nitrogens with one attached hydrogen (secondary N) is 2. The van der Waals surface area contributed by atoms with E-state index >= 15 is 0 Å². The van der Waals surface area contributed by atoms with Gasteiger partial charge in [0.1, 0.15) is 21.4 Å². The number of thiophene rings is 1. The summed E-state index contributed by atoms with van der Waals surface area (Å²) in [5.41, 5.74) is 0.773. The first-order valence-corrected chi connectivity index (χ1v) is 9.94. The highest BCUT2D eigenvalue weighted by Crippen LogP contribution is 2.32. The molecule has 2 amide bonds. The molecule has 7 nitrogen and oxygen atoms in total. The highest BCUT2D eigenvalue weighted by atomic mass is 32.1. The van der Waals surface area contributed by atoms with Gasteiger partial charge in [0.2, 0.25) is 0 Å². The molecule has 1 atom stereocenters. The third-order valence-corrected chi connectivity index (χ3v) is 6.17. The smallest absolute Gasteiger partial charge is 0.320 e. The molecule has 8 heteroatoms. The van der Waals surface area contributed by atoms with Gasteiger partial charge in [-0.3, -0.25) is 14.7 Å². The molecule has 1 aliphatic rings. The van der Waals surface area contributed by atoms with E-state index in [-0.39, 0.29) is 11.6 Å². The maximum atomic E-state index is 13.0. The maximum Gasteiger partial charge on any atom is 0.320 e. The predicted molar refractivity (Wildman–Crippen MR) is 105 cm³/mol. The molecule has 0 unspecified atom stereocenters. The molecule has 27 heavy (non-hydrogen) atoms. The molecule has 3 aromatic heterocycles. The summed E-state index contributed by atoms with van der Waals surface area (Å²) in [6.45, 7) is 5.08. The molecule has 0 bridgehead atoms. The summed E-state index contributed by atoms with van der Waals surface area (Å²) in [6.07, 6.45) is 4.41. The Morgan fingerprint density at radius 1 is 1.44 bits per heavy atom. The van der Waals surface area contributed by atoms with Crippen LogP contribution in [0.1, 0.15) is 36.9 Å². The van der Waals surface area contributed by atoms with E-state index < -0.39 is 0 Å². The maximum absolute atomic E-state index is 13.0. The van der Waals surface area contributed by atoms with Crippen LogP contribution in [0.4, 0.5) is 9.80 Å². The molecule has 0 aliphatic carbocycles. The van der Waals surface area contributed by atoms with Crippen molar-refractivity contribution in [2.45, 2.75) is 46.2 Å². The van der Waals surface area contributed by atoms with Crippen molar-refractivity contribution in [1.82, 2.24) is 14.9 Å². The van der Waals surface area contributed by atoms with Crippen LogP contribution in [-0.2, 0) is 19.5 Å². The minimum atomic E-state index is -0.337. The van der Waals surface area contributed by atoms with Crippen LogP contribution >= 0.6 is 11.3 Å². The monoisotopic (exact) mass is 386 g/mol. The van der Waals surface area contributed by atoms with Gasteiger partial charge in [0.05, 0.1) is 18.2 Å². The van der Waals surface area contributed by atoms with Crippen LogP contribution in [0.3, 0.4) is 0 Å². The van der Waals surface area contributed by atoms with Gasteiger partial charge in [-0.1, -0.05) is 18.3 Å². The fraction of sp³-hybridized carbons (Fsp3) is 0.421. The number of aromatic nitrogens is 2. The quantitative estimate of drug-likeness (QED) is 0.719. The number of furan rings is 1. The first-order chi connectivity index (χ1) is 13.0. The lowest BCUT2D eigenvalue weighted by atomic mass is 10.0. The van der Waals surface area contributed by atoms with Gasteiger partial charge in [0, 0.05) is 13.0 Å². The lowest BCUT2D eigenvalue weighted by Gasteiger charge is -2.08. The SMILES string of the molecule is Cc1c(NC(=O)NCc2ccco2)sc2nc3n(c(=O)c12)CC[C@@H](C)CC3. The Kier molecular flexibility index (Phi) is 4.73. The lowest BCUT2D eigenvalue weighted by molar-refractivity contribution is 0.251. The molecule has 4 heterocycles. The van der Waals surface area contributed by atoms with Gasteiger partial charge in [-0.15, -0.1) is 0 Å². The highest BCUT2D eigenvalue weighted by Gasteiger charge is 2.21. The number of anilines is 1. The van der Waals surface area contributed by atoms with Crippen molar-refractivity contribution < 1.29 is 9.21 Å².